The fourth-order valence-corrected chi connectivity index (χ4v) is 3.81. The molecule has 1 aromatic heterocycles. The molecule has 0 radical (unpaired) electrons. The predicted molar refractivity (Wildman–Crippen MR) is 93.0 cm³/mol. The highest BCUT2D eigenvalue weighted by molar-refractivity contribution is 6.33. The van der Waals surface area contributed by atoms with Crippen LogP contribution < -0.4 is 10.1 Å². The first-order chi connectivity index (χ1) is 12.1. The van der Waals surface area contributed by atoms with Gasteiger partial charge in [0.15, 0.2) is 0 Å². The number of amides is 1. The highest BCUT2D eigenvalue weighted by atomic mass is 35.5. The van der Waals surface area contributed by atoms with Crippen molar-refractivity contribution in [2.75, 3.05) is 13.2 Å². The topological polar surface area (TPSA) is 76.2 Å². The van der Waals surface area contributed by atoms with Crippen LogP contribution in [0.2, 0.25) is 5.02 Å². The number of benzene rings is 1. The summed E-state index contributed by atoms with van der Waals surface area (Å²) in [5.74, 6) is 0.573. The molecule has 2 N–H and O–H groups in total. The zero-order valence-corrected chi connectivity index (χ0v) is 14.7. The van der Waals surface area contributed by atoms with Crippen molar-refractivity contribution in [2.24, 2.45) is 0 Å². The molecule has 1 aromatic carbocycles. The van der Waals surface area contributed by atoms with Gasteiger partial charge in [-0.25, -0.2) is 0 Å². The lowest BCUT2D eigenvalue weighted by molar-refractivity contribution is -0.0639. The molecule has 2 aliphatic heterocycles. The number of H-pyrrole nitrogens is 1. The summed E-state index contributed by atoms with van der Waals surface area (Å²) in [5.41, 5.74) is 2.12. The number of aromatic nitrogens is 2. The van der Waals surface area contributed by atoms with Gasteiger partial charge in [0.2, 0.25) is 0 Å². The minimum absolute atomic E-state index is 0.145. The summed E-state index contributed by atoms with van der Waals surface area (Å²) < 4.78 is 11.9. The Labute approximate surface area is 150 Å². The third kappa shape index (κ3) is 3.12. The van der Waals surface area contributed by atoms with Crippen LogP contribution in [0.25, 0.3) is 0 Å². The van der Waals surface area contributed by atoms with Crippen LogP contribution in [0.4, 0.5) is 0 Å². The zero-order valence-electron chi connectivity index (χ0n) is 14.0. The number of hydrogen-bond donors (Lipinski definition) is 2. The van der Waals surface area contributed by atoms with Crippen LogP contribution >= 0.6 is 11.6 Å². The second kappa shape index (κ2) is 6.35. The molecule has 2 aromatic rings. The summed E-state index contributed by atoms with van der Waals surface area (Å²) in [6, 6.07) is 5.94. The Morgan fingerprint density at radius 3 is 2.92 bits per heavy atom. The van der Waals surface area contributed by atoms with E-state index < -0.39 is 0 Å². The standard InChI is InChI=1S/C18H20ClN3O3/c1-11-2-3-15-12(8-11)14(9-18(25-15)4-6-24-7-5-18)21-17(23)16-13(19)10-20-22-16/h2-3,8,10,14H,4-7,9H2,1H3,(H,20,22)(H,21,23)/t14-/m1/s1. The number of hydrogen-bond acceptors (Lipinski definition) is 4. The van der Waals surface area contributed by atoms with E-state index in [2.05, 4.69) is 21.6 Å². The fourth-order valence-electron chi connectivity index (χ4n) is 3.63. The van der Waals surface area contributed by atoms with Gasteiger partial charge >= 0.3 is 0 Å². The van der Waals surface area contributed by atoms with Crippen molar-refractivity contribution in [3.8, 4) is 5.75 Å². The van der Waals surface area contributed by atoms with E-state index >= 15 is 0 Å². The average molecular weight is 362 g/mol. The maximum absolute atomic E-state index is 12.6. The van der Waals surface area contributed by atoms with Gasteiger partial charge in [-0.15, -0.1) is 0 Å². The molecule has 7 heteroatoms. The molecule has 1 amide bonds. The number of ether oxygens (including phenoxy) is 2. The lowest BCUT2D eigenvalue weighted by Gasteiger charge is -2.44. The third-order valence-corrected chi connectivity index (χ3v) is 5.26. The molecule has 1 fully saturated rings. The van der Waals surface area contributed by atoms with Gasteiger partial charge in [-0.3, -0.25) is 9.89 Å². The first-order valence-electron chi connectivity index (χ1n) is 8.43. The number of halogens is 1. The van der Waals surface area contributed by atoms with Gasteiger partial charge in [0.1, 0.15) is 17.0 Å². The predicted octanol–water partition coefficient (Wildman–Crippen LogP) is 3.17. The van der Waals surface area contributed by atoms with Crippen molar-refractivity contribution in [3.05, 3.63) is 46.2 Å². The Morgan fingerprint density at radius 2 is 2.20 bits per heavy atom. The summed E-state index contributed by atoms with van der Waals surface area (Å²) in [7, 11) is 0. The Kier molecular flexibility index (Phi) is 4.17. The number of rotatable bonds is 2. The number of carbonyl (C=O) groups excluding carboxylic acids is 1. The van der Waals surface area contributed by atoms with Crippen LogP contribution in [-0.4, -0.2) is 34.9 Å². The zero-order chi connectivity index (χ0) is 17.4. The molecular formula is C18H20ClN3O3. The van der Waals surface area contributed by atoms with Gasteiger partial charge in [0.05, 0.1) is 30.5 Å². The van der Waals surface area contributed by atoms with Crippen molar-refractivity contribution < 1.29 is 14.3 Å². The largest absolute Gasteiger partial charge is 0.487 e. The van der Waals surface area contributed by atoms with Crippen LogP contribution in [0.15, 0.2) is 24.4 Å². The molecule has 3 heterocycles. The summed E-state index contributed by atoms with van der Waals surface area (Å²) in [5, 5.41) is 9.89. The van der Waals surface area contributed by atoms with Crippen LogP contribution in [0.1, 0.15) is 46.9 Å². The number of carbonyl (C=O) groups is 1. The molecule has 0 aliphatic carbocycles. The van der Waals surface area contributed by atoms with Gasteiger partial charge in [-0.05, 0) is 13.0 Å². The molecule has 1 spiro atoms. The number of nitrogens with zero attached hydrogens (tertiary/aromatic N) is 1. The van der Waals surface area contributed by atoms with E-state index in [1.54, 1.807) is 0 Å². The molecule has 1 atom stereocenters. The smallest absolute Gasteiger partial charge is 0.271 e. The Hall–Kier alpha value is -2.05. The second-order valence-corrected chi connectivity index (χ2v) is 7.17. The quantitative estimate of drug-likeness (QED) is 0.861. The van der Waals surface area contributed by atoms with Crippen molar-refractivity contribution in [1.29, 1.82) is 0 Å². The second-order valence-electron chi connectivity index (χ2n) is 6.76. The summed E-state index contributed by atoms with van der Waals surface area (Å²) >= 11 is 6.02. The van der Waals surface area contributed by atoms with E-state index in [1.165, 1.54) is 6.20 Å². The first-order valence-corrected chi connectivity index (χ1v) is 8.81. The highest BCUT2D eigenvalue weighted by Crippen LogP contribution is 2.44. The van der Waals surface area contributed by atoms with Gasteiger partial charge < -0.3 is 14.8 Å². The number of aryl methyl sites for hydroxylation is 1. The van der Waals surface area contributed by atoms with E-state index in [9.17, 15) is 4.79 Å². The monoisotopic (exact) mass is 361 g/mol. The Morgan fingerprint density at radius 1 is 1.40 bits per heavy atom. The molecular weight excluding hydrogens is 342 g/mol. The van der Waals surface area contributed by atoms with Gasteiger partial charge in [0, 0.05) is 24.8 Å². The minimum Gasteiger partial charge on any atom is -0.487 e. The maximum atomic E-state index is 12.6. The van der Waals surface area contributed by atoms with E-state index in [1.807, 2.05) is 19.1 Å². The molecule has 4 rings (SSSR count). The van der Waals surface area contributed by atoms with Crippen molar-refractivity contribution >= 4 is 17.5 Å². The van der Waals surface area contributed by atoms with Crippen LogP contribution in [0, 0.1) is 6.92 Å². The molecule has 0 unspecified atom stereocenters. The SMILES string of the molecule is Cc1ccc2c(c1)[C@H](NC(=O)c1[nH]ncc1Cl)CC1(CCOCC1)O2. The summed E-state index contributed by atoms with van der Waals surface area (Å²) in [4.78, 5) is 12.6. The highest BCUT2D eigenvalue weighted by Gasteiger charge is 2.43. The molecule has 2 aliphatic rings. The minimum atomic E-state index is -0.295. The van der Waals surface area contributed by atoms with Crippen molar-refractivity contribution in [3.63, 3.8) is 0 Å². The van der Waals surface area contributed by atoms with Crippen LogP contribution in [0.5, 0.6) is 5.75 Å². The average Bonchev–Trinajstić information content (AvgIpc) is 3.02. The molecule has 132 valence electrons. The number of nitrogens with one attached hydrogen (secondary N) is 2. The van der Waals surface area contributed by atoms with Crippen LogP contribution in [-0.2, 0) is 4.74 Å². The lowest BCUT2D eigenvalue weighted by atomic mass is 9.81. The molecule has 0 saturated carbocycles. The molecule has 25 heavy (non-hydrogen) atoms. The number of aromatic amines is 1. The Bertz CT molecular complexity index is 799. The van der Waals surface area contributed by atoms with Gasteiger partial charge in [-0.1, -0.05) is 29.3 Å². The van der Waals surface area contributed by atoms with Gasteiger partial charge in [-0.2, -0.15) is 5.10 Å². The first kappa shape index (κ1) is 16.4. The molecule has 1 saturated heterocycles. The van der Waals surface area contributed by atoms with E-state index in [0.717, 1.165) is 29.7 Å². The van der Waals surface area contributed by atoms with E-state index in [4.69, 9.17) is 21.1 Å². The summed E-state index contributed by atoms with van der Waals surface area (Å²) in [6.07, 6.45) is 3.78. The normalized spacial score (nSPS) is 21.4. The van der Waals surface area contributed by atoms with E-state index in [-0.39, 0.29) is 23.2 Å². The Balaban J connectivity index is 1.66. The molecule has 6 nitrogen and oxygen atoms in total. The fraction of sp³-hybridized carbons (Fsp3) is 0.444. The lowest BCUT2D eigenvalue weighted by Crippen LogP contribution is -2.48. The van der Waals surface area contributed by atoms with Crippen molar-refractivity contribution in [2.45, 2.75) is 37.8 Å². The van der Waals surface area contributed by atoms with Gasteiger partial charge in [0.25, 0.3) is 5.91 Å². The number of fused-ring (bicyclic) bond motifs is 1. The van der Waals surface area contributed by atoms with Crippen LogP contribution in [0.3, 0.4) is 0 Å². The third-order valence-electron chi connectivity index (χ3n) is 4.97. The summed E-state index contributed by atoms with van der Waals surface area (Å²) in [6.45, 7) is 3.38. The molecule has 0 bridgehead atoms. The van der Waals surface area contributed by atoms with Crippen molar-refractivity contribution in [1.82, 2.24) is 15.5 Å². The van der Waals surface area contributed by atoms with E-state index in [0.29, 0.717) is 24.7 Å². The maximum Gasteiger partial charge on any atom is 0.271 e.